The van der Waals surface area contributed by atoms with Crippen molar-refractivity contribution < 1.29 is 8.83 Å². The summed E-state index contributed by atoms with van der Waals surface area (Å²) in [4.78, 5) is 2.34. The van der Waals surface area contributed by atoms with E-state index in [1.54, 1.807) is 12.5 Å². The smallest absolute Gasteiger partial charge is 0.153 e. The number of rotatable bonds is 2. The summed E-state index contributed by atoms with van der Waals surface area (Å²) in [6, 6.07) is 4.16. The maximum Gasteiger partial charge on any atom is 0.153 e. The third-order valence-electron chi connectivity index (χ3n) is 4.60. The molecule has 0 spiro atoms. The molecule has 4 rings (SSSR count). The number of nitrogens with two attached hydrogens (primary N) is 1. The Morgan fingerprint density at radius 2 is 1.95 bits per heavy atom. The Morgan fingerprint density at radius 3 is 2.67 bits per heavy atom. The average Bonchev–Trinajstić information content (AvgIpc) is 3.19. The van der Waals surface area contributed by atoms with Gasteiger partial charge in [0, 0.05) is 28.9 Å². The topological polar surface area (TPSA) is 55.5 Å². The van der Waals surface area contributed by atoms with Gasteiger partial charge in [0.05, 0.1) is 17.5 Å². The number of fused-ring (bicyclic) bond motifs is 2. The molecule has 1 aromatic carbocycles. The van der Waals surface area contributed by atoms with Crippen LogP contribution < -0.4 is 5.73 Å². The molecule has 0 amide bonds. The fourth-order valence-electron chi connectivity index (χ4n) is 3.57. The summed E-state index contributed by atoms with van der Waals surface area (Å²) in [5, 5.41) is 2.58. The molecule has 1 fully saturated rings. The van der Waals surface area contributed by atoms with E-state index < -0.39 is 0 Å². The Balaban J connectivity index is 2.00. The van der Waals surface area contributed by atoms with Gasteiger partial charge >= 0.3 is 0 Å². The van der Waals surface area contributed by atoms with Crippen molar-refractivity contribution in [2.24, 2.45) is 11.7 Å². The van der Waals surface area contributed by atoms with Crippen LogP contribution in [0.4, 0.5) is 0 Å². The summed E-state index contributed by atoms with van der Waals surface area (Å²) in [6.07, 6.45) is 4.41. The second-order valence-corrected chi connectivity index (χ2v) is 6.23. The van der Waals surface area contributed by atoms with Crippen molar-refractivity contribution in [1.82, 2.24) is 4.90 Å². The standard InChI is InChI=1S/C16H17ClN2O2/c1-19-8-9(7-18)6-12(19)13-10-2-4-21-16(10)14(17)11-3-5-20-15(11)13/h2-5,9,12H,6-8,18H2,1H3. The first-order valence-electron chi connectivity index (χ1n) is 7.16. The van der Waals surface area contributed by atoms with E-state index in [-0.39, 0.29) is 6.04 Å². The zero-order valence-corrected chi connectivity index (χ0v) is 12.6. The number of halogens is 1. The minimum atomic E-state index is 0.282. The maximum atomic E-state index is 6.44. The van der Waals surface area contributed by atoms with Crippen molar-refractivity contribution in [3.8, 4) is 0 Å². The van der Waals surface area contributed by atoms with E-state index in [4.69, 9.17) is 26.2 Å². The van der Waals surface area contributed by atoms with E-state index >= 15 is 0 Å². The van der Waals surface area contributed by atoms with Gasteiger partial charge in [-0.05, 0) is 38.1 Å². The molecule has 2 unspecified atom stereocenters. The van der Waals surface area contributed by atoms with Gasteiger partial charge in [-0.1, -0.05) is 11.6 Å². The summed E-state index contributed by atoms with van der Waals surface area (Å²) in [7, 11) is 2.13. The van der Waals surface area contributed by atoms with Gasteiger partial charge in [-0.2, -0.15) is 0 Å². The zero-order chi connectivity index (χ0) is 14.6. The molecule has 110 valence electrons. The number of nitrogens with zero attached hydrogens (tertiary/aromatic N) is 1. The summed E-state index contributed by atoms with van der Waals surface area (Å²) < 4.78 is 11.4. The third-order valence-corrected chi connectivity index (χ3v) is 4.98. The first kappa shape index (κ1) is 13.2. The van der Waals surface area contributed by atoms with Crippen LogP contribution in [0.1, 0.15) is 18.0 Å². The van der Waals surface area contributed by atoms with Gasteiger partial charge < -0.3 is 14.6 Å². The predicted molar refractivity (Wildman–Crippen MR) is 83.5 cm³/mol. The minimum absolute atomic E-state index is 0.282. The summed E-state index contributed by atoms with van der Waals surface area (Å²) in [5.74, 6) is 0.516. The van der Waals surface area contributed by atoms with Crippen LogP contribution in [0.2, 0.25) is 5.02 Å². The molecule has 0 bridgehead atoms. The van der Waals surface area contributed by atoms with Crippen LogP contribution in [0.25, 0.3) is 21.9 Å². The van der Waals surface area contributed by atoms with Gasteiger partial charge in [0.2, 0.25) is 0 Å². The lowest BCUT2D eigenvalue weighted by atomic mass is 9.95. The SMILES string of the molecule is CN1CC(CN)CC1c1c2ccoc2c(Cl)c2ccoc12. The van der Waals surface area contributed by atoms with E-state index in [9.17, 15) is 0 Å². The Morgan fingerprint density at radius 1 is 1.24 bits per heavy atom. The van der Waals surface area contributed by atoms with Crippen molar-refractivity contribution in [3.05, 3.63) is 35.2 Å². The number of likely N-dealkylation sites (tertiary alicyclic amines) is 1. The summed E-state index contributed by atoms with van der Waals surface area (Å²) in [5.41, 5.74) is 8.63. The van der Waals surface area contributed by atoms with Crippen LogP contribution in [-0.2, 0) is 0 Å². The Bertz CT molecular complexity index is 755. The molecule has 4 nitrogen and oxygen atoms in total. The molecule has 21 heavy (non-hydrogen) atoms. The van der Waals surface area contributed by atoms with Gasteiger partial charge in [0.25, 0.3) is 0 Å². The molecule has 1 aliphatic heterocycles. The number of benzene rings is 1. The number of hydrogen-bond donors (Lipinski definition) is 1. The van der Waals surface area contributed by atoms with E-state index in [0.717, 1.165) is 34.9 Å². The van der Waals surface area contributed by atoms with Crippen LogP contribution in [-0.4, -0.2) is 25.0 Å². The van der Waals surface area contributed by atoms with Crippen molar-refractivity contribution in [3.63, 3.8) is 0 Å². The van der Waals surface area contributed by atoms with Crippen LogP contribution in [0.3, 0.4) is 0 Å². The molecule has 1 aliphatic rings. The molecule has 1 saturated heterocycles. The number of hydrogen-bond acceptors (Lipinski definition) is 4. The van der Waals surface area contributed by atoms with E-state index in [1.165, 1.54) is 5.56 Å². The van der Waals surface area contributed by atoms with Gasteiger partial charge in [0.1, 0.15) is 5.58 Å². The fraction of sp³-hybridized carbons (Fsp3) is 0.375. The molecule has 3 heterocycles. The molecule has 2 aromatic heterocycles. The Kier molecular flexibility index (Phi) is 2.99. The van der Waals surface area contributed by atoms with Crippen LogP contribution in [0.15, 0.2) is 33.5 Å². The van der Waals surface area contributed by atoms with E-state index in [2.05, 4.69) is 11.9 Å². The minimum Gasteiger partial charge on any atom is -0.464 e. The molecule has 0 aliphatic carbocycles. The predicted octanol–water partition coefficient (Wildman–Crippen LogP) is 3.78. The van der Waals surface area contributed by atoms with Crippen molar-refractivity contribution >= 4 is 33.5 Å². The monoisotopic (exact) mass is 304 g/mol. The van der Waals surface area contributed by atoms with Gasteiger partial charge in [-0.3, -0.25) is 4.90 Å². The lowest BCUT2D eigenvalue weighted by Gasteiger charge is -2.20. The lowest BCUT2D eigenvalue weighted by molar-refractivity contribution is 0.315. The van der Waals surface area contributed by atoms with Gasteiger partial charge in [-0.25, -0.2) is 0 Å². The highest BCUT2D eigenvalue weighted by molar-refractivity contribution is 6.40. The van der Waals surface area contributed by atoms with E-state index in [0.29, 0.717) is 17.5 Å². The summed E-state index contributed by atoms with van der Waals surface area (Å²) in [6.45, 7) is 1.72. The Hall–Kier alpha value is -1.49. The van der Waals surface area contributed by atoms with Crippen LogP contribution >= 0.6 is 11.6 Å². The van der Waals surface area contributed by atoms with Crippen molar-refractivity contribution in [2.45, 2.75) is 12.5 Å². The molecule has 0 saturated carbocycles. The van der Waals surface area contributed by atoms with Gasteiger partial charge in [0.15, 0.2) is 5.58 Å². The summed E-state index contributed by atoms with van der Waals surface area (Å²) >= 11 is 6.44. The first-order valence-corrected chi connectivity index (χ1v) is 7.54. The Labute approximate surface area is 127 Å². The molecule has 0 radical (unpaired) electrons. The highest BCUT2D eigenvalue weighted by Gasteiger charge is 2.34. The van der Waals surface area contributed by atoms with E-state index in [1.807, 2.05) is 12.1 Å². The average molecular weight is 305 g/mol. The fourth-order valence-corrected chi connectivity index (χ4v) is 3.87. The molecule has 5 heteroatoms. The molecular formula is C16H17ClN2O2. The zero-order valence-electron chi connectivity index (χ0n) is 11.8. The highest BCUT2D eigenvalue weighted by Crippen LogP contribution is 2.45. The van der Waals surface area contributed by atoms with Crippen LogP contribution in [0.5, 0.6) is 0 Å². The quantitative estimate of drug-likeness (QED) is 0.782. The normalized spacial score (nSPS) is 23.6. The number of furan rings is 2. The second-order valence-electron chi connectivity index (χ2n) is 5.85. The largest absolute Gasteiger partial charge is 0.464 e. The highest BCUT2D eigenvalue weighted by atomic mass is 35.5. The third kappa shape index (κ3) is 1.83. The molecule has 2 atom stereocenters. The van der Waals surface area contributed by atoms with Gasteiger partial charge in [-0.15, -0.1) is 0 Å². The van der Waals surface area contributed by atoms with Crippen molar-refractivity contribution in [1.29, 1.82) is 0 Å². The lowest BCUT2D eigenvalue weighted by Crippen LogP contribution is -2.20. The molecule has 2 N–H and O–H groups in total. The second kappa shape index (κ2) is 4.77. The molecular weight excluding hydrogens is 288 g/mol. The molecule has 3 aromatic rings. The van der Waals surface area contributed by atoms with Crippen LogP contribution in [0, 0.1) is 5.92 Å². The first-order chi connectivity index (χ1) is 10.2. The van der Waals surface area contributed by atoms with Crippen molar-refractivity contribution in [2.75, 3.05) is 20.1 Å². The maximum absolute atomic E-state index is 6.44.